The molecule has 0 saturated heterocycles. The number of para-hydroxylation sites is 1. The maximum absolute atomic E-state index is 11.3. The van der Waals surface area contributed by atoms with Gasteiger partial charge in [0.15, 0.2) is 0 Å². The average Bonchev–Trinajstić information content (AvgIpc) is 3.66. The van der Waals surface area contributed by atoms with E-state index in [1.54, 1.807) is 0 Å². The highest BCUT2D eigenvalue weighted by Crippen LogP contribution is 2.48. The number of anilines is 1. The van der Waals surface area contributed by atoms with Crippen molar-refractivity contribution in [2.45, 2.75) is 38.8 Å². The van der Waals surface area contributed by atoms with Gasteiger partial charge in [0.2, 0.25) is 0 Å². The number of benzene rings is 3. The molecule has 1 heterocycles. The minimum absolute atomic E-state index is 0.111. The maximum Gasteiger partial charge on any atom is 0.307 e. The summed E-state index contributed by atoms with van der Waals surface area (Å²) in [7, 11) is -2.99. The van der Waals surface area contributed by atoms with Gasteiger partial charge >= 0.3 is 5.97 Å². The lowest BCUT2D eigenvalue weighted by molar-refractivity contribution is -0.138. The van der Waals surface area contributed by atoms with Gasteiger partial charge in [-0.2, -0.15) is 0 Å². The van der Waals surface area contributed by atoms with Crippen LogP contribution in [0.3, 0.4) is 0 Å². The number of carboxylic acid groups (broad SMARTS) is 1. The molecule has 1 fully saturated rings. The van der Waals surface area contributed by atoms with E-state index < -0.39 is 15.8 Å². The number of hydrogen-bond donors (Lipinski definition) is 2. The number of sulfone groups is 1. The Balaban J connectivity index is 1.27. The summed E-state index contributed by atoms with van der Waals surface area (Å²) in [6, 6.07) is 18.1. The van der Waals surface area contributed by atoms with Crippen molar-refractivity contribution >= 4 is 21.5 Å². The van der Waals surface area contributed by atoms with Gasteiger partial charge in [-0.05, 0) is 66.6 Å². The monoisotopic (exact) mass is 521 g/mol. The summed E-state index contributed by atoms with van der Waals surface area (Å²) >= 11 is 0. The topological polar surface area (TPSA) is 102 Å². The number of fused-ring (bicyclic) bond motifs is 3. The second-order valence-electron chi connectivity index (χ2n) is 9.95. The smallest absolute Gasteiger partial charge is 0.307 e. The Bertz CT molecular complexity index is 1430. The Morgan fingerprint density at radius 3 is 2.65 bits per heavy atom. The molecule has 0 aromatic heterocycles. The van der Waals surface area contributed by atoms with Crippen LogP contribution < -0.4 is 14.8 Å². The zero-order valence-electron chi connectivity index (χ0n) is 21.0. The predicted molar refractivity (Wildman–Crippen MR) is 143 cm³/mol. The summed E-state index contributed by atoms with van der Waals surface area (Å²) in [6.07, 6.45) is 2.40. The number of nitrogens with one attached hydrogen (secondary N) is 1. The first-order valence-corrected chi connectivity index (χ1v) is 14.5. The summed E-state index contributed by atoms with van der Waals surface area (Å²) in [5, 5.41) is 12.6. The Morgan fingerprint density at radius 1 is 1.16 bits per heavy atom. The fraction of sp³-hybridized carbons (Fsp3) is 0.345. The van der Waals surface area contributed by atoms with E-state index in [4.69, 9.17) is 14.6 Å². The van der Waals surface area contributed by atoms with Gasteiger partial charge in [-0.3, -0.25) is 4.79 Å². The lowest BCUT2D eigenvalue weighted by atomic mass is 9.91. The largest absolute Gasteiger partial charge is 0.494 e. The zero-order chi connectivity index (χ0) is 26.2. The van der Waals surface area contributed by atoms with Crippen LogP contribution in [0.15, 0.2) is 54.6 Å². The molecule has 37 heavy (non-hydrogen) atoms. The normalized spacial score (nSPS) is 17.8. The predicted octanol–water partition coefficient (Wildman–Crippen LogP) is 5.17. The molecule has 194 valence electrons. The quantitative estimate of drug-likeness (QED) is 0.355. The first-order valence-electron chi connectivity index (χ1n) is 12.5. The van der Waals surface area contributed by atoms with Crippen LogP contribution in [-0.4, -0.2) is 38.1 Å². The molecule has 0 bridgehead atoms. The van der Waals surface area contributed by atoms with Gasteiger partial charge in [0, 0.05) is 35.2 Å². The lowest BCUT2D eigenvalue weighted by Gasteiger charge is -2.25. The molecule has 5 rings (SSSR count). The number of hydrogen-bond acceptors (Lipinski definition) is 6. The Kier molecular flexibility index (Phi) is 6.86. The lowest BCUT2D eigenvalue weighted by Crippen LogP contribution is -2.12. The van der Waals surface area contributed by atoms with Crippen molar-refractivity contribution in [3.05, 3.63) is 76.9 Å². The van der Waals surface area contributed by atoms with Crippen LogP contribution in [0, 0.1) is 12.8 Å². The van der Waals surface area contributed by atoms with Crippen molar-refractivity contribution < 1.29 is 27.8 Å². The van der Waals surface area contributed by atoms with E-state index in [1.165, 1.54) is 6.26 Å². The van der Waals surface area contributed by atoms with Crippen LogP contribution in [0.4, 0.5) is 5.69 Å². The van der Waals surface area contributed by atoms with Crippen molar-refractivity contribution in [2.24, 2.45) is 5.92 Å². The van der Waals surface area contributed by atoms with Crippen LogP contribution in [0.25, 0.3) is 11.1 Å². The van der Waals surface area contributed by atoms with Crippen LogP contribution in [0.1, 0.15) is 41.0 Å². The third-order valence-corrected chi connectivity index (χ3v) is 8.02. The second kappa shape index (κ2) is 10.1. The highest BCUT2D eigenvalue weighted by atomic mass is 32.2. The Labute approximate surface area is 217 Å². The van der Waals surface area contributed by atoms with E-state index in [9.17, 15) is 13.2 Å². The molecule has 2 aliphatic rings. The van der Waals surface area contributed by atoms with E-state index >= 15 is 0 Å². The third kappa shape index (κ3) is 5.74. The summed E-state index contributed by atoms with van der Waals surface area (Å²) in [5.41, 5.74) is 7.43. The number of ether oxygens (including phenoxy) is 2. The van der Waals surface area contributed by atoms with E-state index in [-0.39, 0.29) is 17.6 Å². The highest BCUT2D eigenvalue weighted by Gasteiger charge is 2.44. The molecule has 7 nitrogen and oxygen atoms in total. The van der Waals surface area contributed by atoms with Crippen molar-refractivity contribution in [3.8, 4) is 22.6 Å². The molecule has 2 N–H and O–H groups in total. The molecule has 2 unspecified atom stereocenters. The van der Waals surface area contributed by atoms with Crippen molar-refractivity contribution in [3.63, 3.8) is 0 Å². The van der Waals surface area contributed by atoms with Crippen LogP contribution in [-0.2, 0) is 27.8 Å². The molecule has 2 atom stereocenters. The van der Waals surface area contributed by atoms with E-state index in [1.807, 2.05) is 42.5 Å². The second-order valence-corrected chi connectivity index (χ2v) is 12.2. The molecule has 1 aliphatic carbocycles. The number of rotatable bonds is 10. The fourth-order valence-electron chi connectivity index (χ4n) is 5.04. The molecule has 0 spiro atoms. The van der Waals surface area contributed by atoms with E-state index in [0.717, 1.165) is 50.6 Å². The SMILES string of the molecule is Cc1cc(OCCCS(C)(=O)=O)cc2c1-c1cccc(CNc3ccc(C4CC4C(=O)O)cc3)c1OC2. The van der Waals surface area contributed by atoms with Crippen LogP contribution in [0.5, 0.6) is 11.5 Å². The van der Waals surface area contributed by atoms with Gasteiger partial charge in [-0.25, -0.2) is 8.42 Å². The zero-order valence-corrected chi connectivity index (χ0v) is 21.8. The van der Waals surface area contributed by atoms with Gasteiger partial charge in [0.25, 0.3) is 0 Å². The standard InChI is InChI=1S/C29H31NO6S/c1-18-13-23(35-11-4-12-37(2,33)34)14-21-17-36-28-20(5-3-6-24(28)27(18)21)16-30-22-9-7-19(8-10-22)25-15-26(25)29(31)32/h3,5-10,13-14,25-26,30H,4,11-12,15-17H2,1-2H3,(H,31,32). The first-order chi connectivity index (χ1) is 17.7. The fourth-order valence-corrected chi connectivity index (χ4v) is 5.68. The summed E-state index contributed by atoms with van der Waals surface area (Å²) in [5.74, 6) is 0.861. The van der Waals surface area contributed by atoms with Crippen LogP contribution >= 0.6 is 0 Å². The summed E-state index contributed by atoms with van der Waals surface area (Å²) in [4.78, 5) is 11.1. The molecule has 3 aromatic carbocycles. The summed E-state index contributed by atoms with van der Waals surface area (Å²) in [6.45, 7) is 3.43. The van der Waals surface area contributed by atoms with Crippen molar-refractivity contribution in [1.82, 2.24) is 0 Å². The van der Waals surface area contributed by atoms with Gasteiger partial charge in [0.1, 0.15) is 27.9 Å². The van der Waals surface area contributed by atoms with E-state index in [2.05, 4.69) is 24.4 Å². The van der Waals surface area contributed by atoms with Gasteiger partial charge in [-0.1, -0.05) is 30.3 Å². The van der Waals surface area contributed by atoms with Gasteiger partial charge < -0.3 is 19.9 Å². The maximum atomic E-state index is 11.3. The molecule has 1 aliphatic heterocycles. The minimum Gasteiger partial charge on any atom is -0.494 e. The molecule has 0 radical (unpaired) electrons. The van der Waals surface area contributed by atoms with Gasteiger partial charge in [0.05, 0.1) is 18.3 Å². The van der Waals surface area contributed by atoms with Gasteiger partial charge in [-0.15, -0.1) is 0 Å². The Morgan fingerprint density at radius 2 is 1.95 bits per heavy atom. The summed E-state index contributed by atoms with van der Waals surface area (Å²) < 4.78 is 34.7. The van der Waals surface area contributed by atoms with E-state index in [0.29, 0.717) is 32.6 Å². The number of aliphatic carboxylic acids is 1. The average molecular weight is 522 g/mol. The number of carbonyl (C=O) groups is 1. The first kappa shape index (κ1) is 25.1. The molecule has 3 aromatic rings. The van der Waals surface area contributed by atoms with Crippen molar-refractivity contribution in [2.75, 3.05) is 23.9 Å². The van der Waals surface area contributed by atoms with Crippen LogP contribution in [0.2, 0.25) is 0 Å². The minimum atomic E-state index is -2.99. The highest BCUT2D eigenvalue weighted by molar-refractivity contribution is 7.90. The molecule has 0 amide bonds. The molecule has 8 heteroatoms. The molecule has 1 saturated carbocycles. The third-order valence-electron chi connectivity index (χ3n) is 6.99. The molecular weight excluding hydrogens is 490 g/mol. The van der Waals surface area contributed by atoms with Crippen molar-refractivity contribution in [1.29, 1.82) is 0 Å². The number of aryl methyl sites for hydroxylation is 1. The Hall–Kier alpha value is -3.52. The molecular formula is C29H31NO6S. The number of carboxylic acids is 1.